The number of benzene rings is 3. The first-order chi connectivity index (χ1) is 64.7. The Kier molecular flexibility index (Phi) is 31.3. The number of imidazole rings is 3. The van der Waals surface area contributed by atoms with Gasteiger partial charge in [0.05, 0.1) is 80.3 Å². The van der Waals surface area contributed by atoms with Crippen molar-refractivity contribution < 1.29 is 128 Å². The number of carbonyl (C=O) groups is 6. The van der Waals surface area contributed by atoms with E-state index in [2.05, 4.69) is 82.9 Å². The van der Waals surface area contributed by atoms with Gasteiger partial charge in [-0.25, -0.2) is 47.3 Å². The smallest absolute Gasteiger partial charge is 0.479 e. The Hall–Kier alpha value is -11.4. The molecule has 11 N–H and O–H groups in total. The lowest BCUT2D eigenvalue weighted by molar-refractivity contribution is -0.190. The fraction of sp³-hybridized carbons (Fsp3) is 0.448. The number of aryl methyl sites for hydroxylation is 6. The molecule has 0 bridgehead atoms. The van der Waals surface area contributed by atoms with Crippen LogP contribution in [0.15, 0.2) is 105 Å². The lowest BCUT2D eigenvalue weighted by Gasteiger charge is -2.32. The van der Waals surface area contributed by atoms with Crippen molar-refractivity contribution in [2.24, 2.45) is 0 Å². The first kappa shape index (κ1) is 103. The summed E-state index contributed by atoms with van der Waals surface area (Å²) in [6.45, 7) is 22.9. The maximum Gasteiger partial charge on any atom is 0.500 e. The highest BCUT2D eigenvalue weighted by molar-refractivity contribution is 14.1. The monoisotopic (exact) mass is 2080 g/mol. The number of ether oxygens (including phenoxy) is 8. The zero-order valence-electron chi connectivity index (χ0n) is 75.9. The van der Waals surface area contributed by atoms with E-state index in [1.54, 1.807) is 83.1 Å². The van der Waals surface area contributed by atoms with Crippen LogP contribution in [0, 0.1) is 45.1 Å². The van der Waals surface area contributed by atoms with Gasteiger partial charge in [0.1, 0.15) is 70.5 Å². The summed E-state index contributed by atoms with van der Waals surface area (Å²) in [7, 11) is -0.378. The molecule has 4 saturated heterocycles. The van der Waals surface area contributed by atoms with Crippen LogP contribution in [0.2, 0.25) is 15.9 Å². The molecule has 13 heterocycles. The molecule has 730 valence electrons. The van der Waals surface area contributed by atoms with Gasteiger partial charge in [0.2, 0.25) is 27.1 Å². The minimum Gasteiger partial charge on any atom is -0.479 e. The quantitative estimate of drug-likeness (QED) is 0.00711. The standard InChI is InChI=1S/C28H30ClFN6O7.C25H24ClFN6O8.C23H24ClFIN5O6.C11H18BNO3/c1-5-40-26(39)28(15(4)37,10-16-6-8-17(9-7-16)19-13(2)35-43-14(19)3)41-11-18-22(38)20(30)25(42-18)36-12-32-21-23(31)33-27(29)34-24(21)36;1-10-15(11(2)41-32-10)13-5-3-12(4-6-13)7-25(22(35)36,23(37)38)39-8-14-18(34)16(27)21(40-14)33-9-29-17-19(28)30-24(26)31-20(17)33;1-3-35-21(34)23(11(2)32,8-12-4-6-13(26)7-5-12)36-9-14-17(33)15(25)20(37-14)31-10-28-16-18(27)29-22(24)30-19(16)31;1-7-9(8(2)14-13-7)12-15-10(3,4)11(5,6)16-12/h6-9,12,18,20,22,25,38H,5,10-11H2,1-4H3,(H2,31,33,34);3-6,9,14,16,18,21,34H,7-8H2,1-2H3,(H,35,36)(H,37,38)(H2,28,30,31);4-7,10,14-15,17,20,33H,3,8-9H2,1-2H3,(H2,27,29,30);1-6H3/t18-,20+,22-,25-,28?;14-,16+,18-,21-;14-,15+,17-,20-,23?;/m111./s1. The second kappa shape index (κ2) is 41.7. The number of fused-ring (bicyclic) bond motifs is 3. The number of alkyl halides is 3. The molecule has 4 aliphatic rings. The second-order valence-electron chi connectivity index (χ2n) is 33.5. The van der Waals surface area contributed by atoms with Gasteiger partial charge in [0, 0.05) is 39.4 Å². The zero-order valence-corrected chi connectivity index (χ0v) is 80.3. The number of esters is 2. The number of aliphatic carboxylic acids is 2. The molecule has 0 amide bonds. The van der Waals surface area contributed by atoms with Crippen LogP contribution in [-0.4, -0.2) is 258 Å². The molecule has 2 unspecified atom stereocenters. The van der Waals surface area contributed by atoms with E-state index in [1.807, 2.05) is 72.7 Å². The number of carboxylic acids is 2. The van der Waals surface area contributed by atoms with Crippen LogP contribution in [0.5, 0.6) is 0 Å². The lowest BCUT2D eigenvalue weighted by atomic mass is 9.77. The number of halogens is 7. The van der Waals surface area contributed by atoms with E-state index in [4.69, 9.17) is 113 Å². The maximum absolute atomic E-state index is 15.4. The van der Waals surface area contributed by atoms with E-state index in [9.17, 15) is 54.3 Å². The minimum atomic E-state index is -2.77. The van der Waals surface area contributed by atoms with Gasteiger partial charge in [0.15, 0.2) is 83.2 Å². The van der Waals surface area contributed by atoms with Crippen molar-refractivity contribution >= 4 is 156 Å². The average Bonchev–Trinajstić information content (AvgIpc) is 1.72. The van der Waals surface area contributed by atoms with Gasteiger partial charge in [0.25, 0.3) is 5.60 Å². The number of nitrogens with zero attached hydrogens (tertiary/aromatic N) is 15. The Morgan fingerprint density at radius 1 is 0.474 bits per heavy atom. The van der Waals surface area contributed by atoms with Crippen molar-refractivity contribution in [1.82, 2.24) is 74.0 Å². The largest absolute Gasteiger partial charge is 0.500 e. The molecule has 0 saturated carbocycles. The Labute approximate surface area is 806 Å². The third kappa shape index (κ3) is 21.0. The van der Waals surface area contributed by atoms with Crippen LogP contribution in [0.4, 0.5) is 30.6 Å². The molecule has 12 aromatic rings. The summed E-state index contributed by atoms with van der Waals surface area (Å²) in [5.74, 6) is -4.68. The number of carbonyl (C=O) groups excluding carboxylic acids is 4. The van der Waals surface area contributed by atoms with Crippen molar-refractivity contribution in [3.05, 3.63) is 162 Å². The van der Waals surface area contributed by atoms with Gasteiger partial charge in [-0.3, -0.25) is 23.3 Å². The number of ketones is 2. The number of nitrogens with two attached hydrogens (primary N) is 3. The van der Waals surface area contributed by atoms with Crippen molar-refractivity contribution in [3.8, 4) is 22.3 Å². The number of nitrogen functional groups attached to an aromatic ring is 3. The first-order valence-electron chi connectivity index (χ1n) is 42.4. The molecule has 4 fully saturated rings. The molecule has 4 aliphatic heterocycles. The van der Waals surface area contributed by atoms with Crippen LogP contribution >= 0.6 is 57.4 Å². The number of rotatable bonds is 29. The van der Waals surface area contributed by atoms with Crippen LogP contribution in [0.25, 0.3) is 55.7 Å². The van der Waals surface area contributed by atoms with E-state index in [0.717, 1.165) is 53.0 Å². The number of Topliss-reactive ketones (excluding diaryl/α,β-unsaturated/α-hetero) is 2. The predicted molar refractivity (Wildman–Crippen MR) is 489 cm³/mol. The third-order valence-corrected chi connectivity index (χ3v) is 25.1. The molecule has 42 nitrogen and oxygen atoms in total. The number of aromatic nitrogens is 15. The van der Waals surface area contributed by atoms with Crippen molar-refractivity contribution in [1.29, 1.82) is 0 Å². The van der Waals surface area contributed by atoms with Gasteiger partial charge < -0.3 is 104 Å². The molecule has 0 radical (unpaired) electrons. The number of hydrogen-bond donors (Lipinski definition) is 8. The molecule has 3 aromatic carbocycles. The second-order valence-corrected chi connectivity index (χ2v) is 35.7. The fourth-order valence-electron chi connectivity index (χ4n) is 15.8. The fourth-order valence-corrected chi connectivity index (χ4v) is 16.7. The highest BCUT2D eigenvalue weighted by atomic mass is 127. The number of aliphatic hydroxyl groups excluding tert-OH is 3. The Balaban J connectivity index is 0.000000161. The Bertz CT molecular complexity index is 6370. The Morgan fingerprint density at radius 3 is 1.06 bits per heavy atom. The summed E-state index contributed by atoms with van der Waals surface area (Å²) >= 11 is 19.8. The normalized spacial score (nSPS) is 22.0. The average molecular weight is 2080 g/mol. The topological polar surface area (TPSA) is 583 Å². The molecular weight excluding hydrogens is 1980 g/mol. The molecular formula is C87H96BCl3F3IN18O24. The summed E-state index contributed by atoms with van der Waals surface area (Å²) in [6.07, 6.45) is -16.5. The molecule has 0 spiro atoms. The van der Waals surface area contributed by atoms with Crippen LogP contribution in [-0.2, 0) is 95.2 Å². The molecule has 50 heteroatoms. The van der Waals surface area contributed by atoms with Crippen molar-refractivity contribution in [2.75, 3.05) is 50.2 Å². The van der Waals surface area contributed by atoms with Crippen LogP contribution in [0.3, 0.4) is 0 Å². The Morgan fingerprint density at radius 2 is 0.774 bits per heavy atom. The molecule has 16 rings (SSSR count). The summed E-state index contributed by atoms with van der Waals surface area (Å²) in [5.41, 5.74) is 18.5. The summed E-state index contributed by atoms with van der Waals surface area (Å²) in [6, 6.07) is 20.8. The molecule has 14 atom stereocenters. The van der Waals surface area contributed by atoms with E-state index in [0.29, 0.717) is 33.9 Å². The number of aliphatic hydroxyl groups is 3. The minimum absolute atomic E-state index is 0.00105. The van der Waals surface area contributed by atoms with Gasteiger partial charge in [-0.15, -0.1) is 0 Å². The summed E-state index contributed by atoms with van der Waals surface area (Å²) in [4.78, 5) is 112. The lowest BCUT2D eigenvalue weighted by Crippen LogP contribution is -2.52. The van der Waals surface area contributed by atoms with Gasteiger partial charge in [-0.1, -0.05) is 76.1 Å². The number of carboxylic acid groups (broad SMARTS) is 2. The molecule has 137 heavy (non-hydrogen) atoms. The van der Waals surface area contributed by atoms with Gasteiger partial charge in [-0.2, -0.15) is 29.9 Å². The molecule has 9 aromatic heterocycles. The maximum atomic E-state index is 15.4. The number of hydrogen-bond acceptors (Lipinski definition) is 37. The van der Waals surface area contributed by atoms with Crippen molar-refractivity contribution in [3.63, 3.8) is 0 Å². The van der Waals surface area contributed by atoms with E-state index in [-0.39, 0.29) is 111 Å². The SMILES string of the molecule is CCOC(=O)C(Cc1ccc(-c2c(C)noc2C)cc1)(OC[C@H]1O[C@@H](n2cnc3c(N)nc(Cl)nc32)[C@@H](F)[C@@H]1O)C(C)=O.CCOC(=O)C(Cc1ccc(I)cc1)(OC[C@H]1O[C@@H](n2cnc3c(N)nc(Cl)nc32)[C@@H](F)[C@@H]1O)C(C)=O.Cc1noc(C)c1-c1ccc(CC(OC[C@H]2O[C@@H](n3cnc4c(N)nc(Cl)nc43)[C@@H](F)[C@@H]2O)(C(=O)O)C(=O)O)cc1.Cc1noc(C)c1B1OC(C)(C)C(C)(C)O1. The van der Waals surface area contributed by atoms with Gasteiger partial charge in [-0.05, 0) is 194 Å². The van der Waals surface area contributed by atoms with E-state index in [1.165, 1.54) is 42.0 Å². The number of anilines is 3. The molecule has 0 aliphatic carbocycles. The van der Waals surface area contributed by atoms with Gasteiger partial charge >= 0.3 is 31.0 Å². The van der Waals surface area contributed by atoms with Crippen molar-refractivity contribution in [2.45, 2.75) is 218 Å². The predicted octanol–water partition coefficient (Wildman–Crippen LogP) is 9.18. The highest BCUT2D eigenvalue weighted by Gasteiger charge is 2.57. The highest BCUT2D eigenvalue weighted by Crippen LogP contribution is 2.43. The first-order valence-corrected chi connectivity index (χ1v) is 44.6. The summed E-state index contributed by atoms with van der Waals surface area (Å²) in [5, 5.41) is 63.0. The summed E-state index contributed by atoms with van der Waals surface area (Å²) < 4.78 is 123. The van der Waals surface area contributed by atoms with E-state index >= 15 is 13.2 Å². The van der Waals surface area contributed by atoms with E-state index < -0.39 is 152 Å². The van der Waals surface area contributed by atoms with Crippen LogP contribution in [0.1, 0.15) is 125 Å². The third-order valence-electron chi connectivity index (χ3n) is 23.9. The zero-order chi connectivity index (χ0) is 99.7. The van der Waals surface area contributed by atoms with Crippen LogP contribution < -0.4 is 22.7 Å².